The van der Waals surface area contributed by atoms with E-state index >= 15 is 0 Å². The van der Waals surface area contributed by atoms with Crippen molar-refractivity contribution in [1.29, 1.82) is 0 Å². The first-order valence-electron chi connectivity index (χ1n) is 8.51. The van der Waals surface area contributed by atoms with Gasteiger partial charge in [0.05, 0.1) is 0 Å². The number of carbonyl (C=O) groups excluding carboxylic acids is 1. The van der Waals surface area contributed by atoms with Crippen molar-refractivity contribution in [2.24, 2.45) is 0 Å². The van der Waals surface area contributed by atoms with Crippen LogP contribution in [-0.4, -0.2) is 53.3 Å². The molecule has 3 heterocycles. The minimum atomic E-state index is -0.204. The molecule has 2 aromatic rings. The van der Waals surface area contributed by atoms with E-state index in [1.54, 1.807) is 18.5 Å². The Morgan fingerprint density at radius 3 is 2.88 bits per heavy atom. The molecule has 1 N–H and O–H groups in total. The zero-order valence-electron chi connectivity index (χ0n) is 14.9. The second-order valence-corrected chi connectivity index (χ2v) is 6.14. The lowest BCUT2D eigenvalue weighted by Gasteiger charge is -2.08. The number of amides is 1. The van der Waals surface area contributed by atoms with Gasteiger partial charge in [-0.05, 0) is 18.9 Å². The van der Waals surface area contributed by atoms with Gasteiger partial charge in [0.1, 0.15) is 6.10 Å². The highest BCUT2D eigenvalue weighted by Crippen LogP contribution is 2.26. The summed E-state index contributed by atoms with van der Waals surface area (Å²) in [6, 6.07) is 0. The Balaban J connectivity index is 1.42. The summed E-state index contributed by atoms with van der Waals surface area (Å²) in [4.78, 5) is 26.4. The largest absolute Gasteiger partial charge is 0.368 e. The van der Waals surface area contributed by atoms with Crippen LogP contribution in [0.25, 0.3) is 6.08 Å². The van der Waals surface area contributed by atoms with Crippen LogP contribution in [0, 0.1) is 0 Å². The maximum atomic E-state index is 11.9. The molecule has 1 aliphatic heterocycles. The first-order valence-corrected chi connectivity index (χ1v) is 8.51. The Morgan fingerprint density at radius 2 is 2.19 bits per heavy atom. The summed E-state index contributed by atoms with van der Waals surface area (Å²) < 4.78 is 10.7. The number of anilines is 1. The van der Waals surface area contributed by atoms with Crippen LogP contribution < -0.4 is 10.2 Å². The lowest BCUT2D eigenvalue weighted by atomic mass is 10.2. The van der Waals surface area contributed by atoms with Crippen LogP contribution in [0.2, 0.25) is 0 Å². The number of carbonyl (C=O) groups is 1. The van der Waals surface area contributed by atoms with E-state index in [1.807, 2.05) is 19.0 Å². The van der Waals surface area contributed by atoms with E-state index in [0.29, 0.717) is 30.6 Å². The summed E-state index contributed by atoms with van der Waals surface area (Å²) in [6.07, 6.45) is 8.76. The highest BCUT2D eigenvalue weighted by molar-refractivity contribution is 5.91. The topological polar surface area (TPSA) is 106 Å². The second kappa shape index (κ2) is 8.52. The van der Waals surface area contributed by atoms with Crippen molar-refractivity contribution in [3.05, 3.63) is 35.7 Å². The number of nitrogens with one attached hydrogen (secondary N) is 1. The summed E-state index contributed by atoms with van der Waals surface area (Å²) >= 11 is 0. The molecular formula is C17H22N6O3. The molecule has 9 heteroatoms. The van der Waals surface area contributed by atoms with Crippen molar-refractivity contribution in [1.82, 2.24) is 25.4 Å². The third-order valence-corrected chi connectivity index (χ3v) is 3.82. The van der Waals surface area contributed by atoms with Gasteiger partial charge in [0, 0.05) is 57.7 Å². The molecule has 1 atom stereocenters. The molecular weight excluding hydrogens is 336 g/mol. The lowest BCUT2D eigenvalue weighted by molar-refractivity contribution is -0.116. The minimum absolute atomic E-state index is 0.0881. The smallest absolute Gasteiger partial charge is 0.255 e. The van der Waals surface area contributed by atoms with Gasteiger partial charge in [0.2, 0.25) is 11.9 Å². The molecule has 0 radical (unpaired) electrons. The second-order valence-electron chi connectivity index (χ2n) is 6.14. The molecule has 26 heavy (non-hydrogen) atoms. The summed E-state index contributed by atoms with van der Waals surface area (Å²) in [7, 11) is 3.73. The van der Waals surface area contributed by atoms with E-state index < -0.39 is 0 Å². The number of hydrogen-bond acceptors (Lipinski definition) is 8. The molecule has 1 aliphatic rings. The minimum Gasteiger partial charge on any atom is -0.368 e. The number of aromatic nitrogens is 4. The number of ether oxygens (including phenoxy) is 1. The van der Waals surface area contributed by atoms with Crippen LogP contribution in [0.5, 0.6) is 0 Å². The van der Waals surface area contributed by atoms with Crippen LogP contribution in [-0.2, 0) is 16.0 Å². The van der Waals surface area contributed by atoms with Gasteiger partial charge in [-0.2, -0.15) is 4.98 Å². The van der Waals surface area contributed by atoms with E-state index in [4.69, 9.17) is 9.26 Å². The van der Waals surface area contributed by atoms with E-state index in [2.05, 4.69) is 25.4 Å². The van der Waals surface area contributed by atoms with Crippen molar-refractivity contribution < 1.29 is 14.1 Å². The average molecular weight is 358 g/mol. The van der Waals surface area contributed by atoms with Gasteiger partial charge in [-0.1, -0.05) is 5.16 Å². The Hall–Kier alpha value is -2.81. The maximum absolute atomic E-state index is 11.9. The fourth-order valence-corrected chi connectivity index (χ4v) is 2.45. The molecule has 2 aromatic heterocycles. The van der Waals surface area contributed by atoms with E-state index in [0.717, 1.165) is 25.0 Å². The Labute approximate surface area is 151 Å². The van der Waals surface area contributed by atoms with Crippen molar-refractivity contribution in [2.45, 2.75) is 25.4 Å². The maximum Gasteiger partial charge on any atom is 0.255 e. The first-order chi connectivity index (χ1) is 12.6. The summed E-state index contributed by atoms with van der Waals surface area (Å²) in [6.45, 7) is 1.15. The average Bonchev–Trinajstić information content (AvgIpc) is 3.32. The summed E-state index contributed by atoms with van der Waals surface area (Å²) in [5.41, 5.74) is 0.755. The van der Waals surface area contributed by atoms with Crippen LogP contribution in [0.3, 0.4) is 0 Å². The first kappa shape index (κ1) is 18.0. The Morgan fingerprint density at radius 1 is 1.38 bits per heavy atom. The third-order valence-electron chi connectivity index (χ3n) is 3.82. The lowest BCUT2D eigenvalue weighted by Crippen LogP contribution is -2.23. The number of rotatable bonds is 7. The molecule has 3 rings (SSSR count). The Bertz CT molecular complexity index is 750. The van der Waals surface area contributed by atoms with Crippen LogP contribution >= 0.6 is 0 Å². The summed E-state index contributed by atoms with van der Waals surface area (Å²) in [5, 5.41) is 6.70. The number of nitrogens with zero attached hydrogens (tertiary/aromatic N) is 5. The zero-order chi connectivity index (χ0) is 18.4. The van der Waals surface area contributed by atoms with E-state index in [1.165, 1.54) is 6.08 Å². The monoisotopic (exact) mass is 358 g/mol. The fourth-order valence-electron chi connectivity index (χ4n) is 2.45. The molecule has 0 saturated carbocycles. The van der Waals surface area contributed by atoms with Crippen molar-refractivity contribution >= 4 is 17.9 Å². The standard InChI is InChI=1S/C17H22N6O3/c1-23(2)17-19-10-12(11-20-17)5-6-15(24)18-8-7-14-21-16(26-22-14)13-4-3-9-25-13/h5-6,10-11,13H,3-4,7-9H2,1-2H3,(H,18,24)/b6-5+. The molecule has 0 aromatic carbocycles. The van der Waals surface area contributed by atoms with Crippen LogP contribution in [0.1, 0.15) is 36.2 Å². The fraction of sp³-hybridized carbons (Fsp3) is 0.471. The molecule has 0 bridgehead atoms. The molecule has 1 unspecified atom stereocenters. The highest BCUT2D eigenvalue weighted by Gasteiger charge is 2.23. The van der Waals surface area contributed by atoms with E-state index in [9.17, 15) is 4.79 Å². The predicted molar refractivity (Wildman–Crippen MR) is 94.3 cm³/mol. The van der Waals surface area contributed by atoms with Gasteiger partial charge in [0.15, 0.2) is 5.82 Å². The third kappa shape index (κ3) is 4.85. The molecule has 138 valence electrons. The molecule has 0 aliphatic carbocycles. The van der Waals surface area contributed by atoms with Crippen molar-refractivity contribution in [2.75, 3.05) is 32.1 Å². The van der Waals surface area contributed by atoms with Crippen LogP contribution in [0.15, 0.2) is 23.0 Å². The van der Waals surface area contributed by atoms with Gasteiger partial charge in [-0.15, -0.1) is 0 Å². The van der Waals surface area contributed by atoms with Crippen molar-refractivity contribution in [3.8, 4) is 0 Å². The van der Waals surface area contributed by atoms with Crippen molar-refractivity contribution in [3.63, 3.8) is 0 Å². The van der Waals surface area contributed by atoms with Gasteiger partial charge >= 0.3 is 0 Å². The van der Waals surface area contributed by atoms with Gasteiger partial charge in [0.25, 0.3) is 5.89 Å². The molecule has 1 fully saturated rings. The predicted octanol–water partition coefficient (Wildman–Crippen LogP) is 1.15. The highest BCUT2D eigenvalue weighted by atomic mass is 16.5. The van der Waals surface area contributed by atoms with Gasteiger partial charge < -0.3 is 19.5 Å². The van der Waals surface area contributed by atoms with Crippen LogP contribution in [0.4, 0.5) is 5.95 Å². The van der Waals surface area contributed by atoms with E-state index in [-0.39, 0.29) is 12.0 Å². The van der Waals surface area contributed by atoms with Gasteiger partial charge in [-0.3, -0.25) is 4.79 Å². The number of hydrogen-bond donors (Lipinski definition) is 1. The molecule has 9 nitrogen and oxygen atoms in total. The molecule has 1 saturated heterocycles. The molecule has 1 amide bonds. The quantitative estimate of drug-likeness (QED) is 0.735. The van der Waals surface area contributed by atoms with Gasteiger partial charge in [-0.25, -0.2) is 9.97 Å². The summed E-state index contributed by atoms with van der Waals surface area (Å²) in [5.74, 6) is 1.50. The normalized spacial score (nSPS) is 16.9. The Kier molecular flexibility index (Phi) is 5.90. The molecule has 0 spiro atoms. The SMILES string of the molecule is CN(C)c1ncc(/C=C/C(=O)NCCc2noc(C3CCCO3)n2)cn1. The zero-order valence-corrected chi connectivity index (χ0v) is 14.9.